The summed E-state index contributed by atoms with van der Waals surface area (Å²) in [6, 6.07) is 12.8. The van der Waals surface area contributed by atoms with Crippen LogP contribution in [0.4, 0.5) is 24.5 Å². The third-order valence-corrected chi connectivity index (χ3v) is 6.92. The fourth-order valence-electron chi connectivity index (χ4n) is 4.47. The summed E-state index contributed by atoms with van der Waals surface area (Å²) < 4.78 is 61.8. The van der Waals surface area contributed by atoms with Crippen LogP contribution in [-0.2, 0) is 15.1 Å². The molecule has 2 N–H and O–H groups in total. The third kappa shape index (κ3) is 4.87. The minimum absolute atomic E-state index is 0.0202. The molecule has 9 nitrogen and oxygen atoms in total. The lowest BCUT2D eigenvalue weighted by molar-refractivity contribution is -0.0705. The maximum atomic E-state index is 16.1. The molecular weight excluding hydrogens is 515 g/mol. The first kappa shape index (κ1) is 25.1. The lowest BCUT2D eigenvalue weighted by Gasteiger charge is -2.41. The van der Waals surface area contributed by atoms with Crippen molar-refractivity contribution in [2.75, 3.05) is 37.0 Å². The molecule has 1 aromatic heterocycles. The summed E-state index contributed by atoms with van der Waals surface area (Å²) in [5, 5.41) is 5.60. The number of hydrogen-bond donors (Lipinski definition) is 2. The Morgan fingerprint density at radius 2 is 1.85 bits per heavy atom. The van der Waals surface area contributed by atoms with Crippen molar-refractivity contribution < 1.29 is 32.2 Å². The summed E-state index contributed by atoms with van der Waals surface area (Å²) in [5.74, 6) is -1.28. The van der Waals surface area contributed by atoms with Gasteiger partial charge in [0.25, 0.3) is 11.9 Å². The number of carbonyl (C=O) groups is 1. The van der Waals surface area contributed by atoms with Crippen LogP contribution in [0, 0.1) is 5.82 Å². The number of amides is 1. The van der Waals surface area contributed by atoms with Crippen molar-refractivity contribution >= 4 is 23.3 Å². The van der Waals surface area contributed by atoms with Crippen LogP contribution in [0.25, 0.3) is 0 Å². The highest BCUT2D eigenvalue weighted by Crippen LogP contribution is 2.48. The average molecular weight is 540 g/mol. The Labute approximate surface area is 221 Å². The Kier molecular flexibility index (Phi) is 6.13. The molecule has 0 spiro atoms. The van der Waals surface area contributed by atoms with Gasteiger partial charge < -0.3 is 24.8 Å². The highest BCUT2D eigenvalue weighted by atomic mass is 19.2. The number of anilines is 2. The molecule has 3 aromatic rings. The minimum atomic E-state index is -2.14. The molecule has 0 bridgehead atoms. The highest BCUT2D eigenvalue weighted by Gasteiger charge is 2.64. The molecule has 202 valence electrons. The molecule has 0 radical (unpaired) electrons. The maximum absolute atomic E-state index is 16.1. The van der Waals surface area contributed by atoms with E-state index in [0.717, 1.165) is 6.07 Å². The highest BCUT2D eigenvalue weighted by molar-refractivity contribution is 6.02. The topological polar surface area (TPSA) is 107 Å². The number of halogens is 3. The molecule has 1 saturated heterocycles. The molecule has 1 saturated carbocycles. The normalized spacial score (nSPS) is 24.6. The lowest BCUT2D eigenvalue weighted by Crippen LogP contribution is -2.56. The molecule has 1 aliphatic carbocycles. The number of amidine groups is 1. The van der Waals surface area contributed by atoms with Crippen molar-refractivity contribution in [2.45, 2.75) is 29.8 Å². The number of aromatic nitrogens is 2. The number of fused-ring (bicyclic) bond motifs is 1. The van der Waals surface area contributed by atoms with E-state index in [9.17, 15) is 9.18 Å². The van der Waals surface area contributed by atoms with Gasteiger partial charge in [-0.2, -0.15) is 0 Å². The third-order valence-electron chi connectivity index (χ3n) is 6.92. The van der Waals surface area contributed by atoms with Gasteiger partial charge in [-0.1, -0.05) is 18.2 Å². The van der Waals surface area contributed by atoms with Crippen LogP contribution in [0.3, 0.4) is 0 Å². The van der Waals surface area contributed by atoms with Crippen molar-refractivity contribution in [3.05, 3.63) is 78.0 Å². The second-order valence-corrected chi connectivity index (χ2v) is 9.83. The molecule has 3 heterocycles. The van der Waals surface area contributed by atoms with E-state index in [4.69, 9.17) is 14.2 Å². The predicted molar refractivity (Wildman–Crippen MR) is 135 cm³/mol. The summed E-state index contributed by atoms with van der Waals surface area (Å²) in [7, 11) is 0. The largest absolute Gasteiger partial charge is 0.473 e. The molecule has 1 amide bonds. The number of nitrogens with zero attached hydrogens (tertiary/aromatic N) is 3. The zero-order chi connectivity index (χ0) is 27.1. The van der Waals surface area contributed by atoms with Crippen LogP contribution in [0.5, 0.6) is 5.88 Å². The average Bonchev–Trinajstić information content (AvgIpc) is 3.58. The van der Waals surface area contributed by atoms with Crippen molar-refractivity contribution in [2.24, 2.45) is 4.99 Å². The van der Waals surface area contributed by atoms with E-state index in [-0.39, 0.29) is 55.2 Å². The van der Waals surface area contributed by atoms with Crippen LogP contribution in [0.2, 0.25) is 0 Å². The van der Waals surface area contributed by atoms with Gasteiger partial charge in [0.15, 0.2) is 5.67 Å². The van der Waals surface area contributed by atoms with Gasteiger partial charge in [-0.25, -0.2) is 28.1 Å². The number of carbonyl (C=O) groups excluding carboxylic acids is 1. The molecule has 12 heteroatoms. The van der Waals surface area contributed by atoms with E-state index in [1.165, 1.54) is 24.5 Å². The van der Waals surface area contributed by atoms with Crippen LogP contribution in [-0.4, -0.2) is 59.6 Å². The minimum Gasteiger partial charge on any atom is -0.473 e. The van der Waals surface area contributed by atoms with Crippen molar-refractivity contribution in [3.8, 4) is 5.88 Å². The number of hydrogen-bond acceptors (Lipinski definition) is 8. The molecule has 2 aliphatic heterocycles. The van der Waals surface area contributed by atoms with Crippen LogP contribution >= 0.6 is 0 Å². The smallest absolute Gasteiger partial charge is 0.290 e. The Balaban J connectivity index is 1.21. The van der Waals surface area contributed by atoms with Gasteiger partial charge >= 0.3 is 0 Å². The zero-order valence-electron chi connectivity index (χ0n) is 20.6. The number of ether oxygens (including phenoxy) is 3. The van der Waals surface area contributed by atoms with Crippen LogP contribution < -0.4 is 15.4 Å². The van der Waals surface area contributed by atoms with E-state index >= 15 is 8.78 Å². The molecule has 2 aromatic carbocycles. The number of alkyl halides is 2. The van der Waals surface area contributed by atoms with E-state index in [0.29, 0.717) is 18.5 Å². The Bertz CT molecular complexity index is 1420. The fourth-order valence-corrected chi connectivity index (χ4v) is 4.47. The van der Waals surface area contributed by atoms with Crippen molar-refractivity contribution in [3.63, 3.8) is 0 Å². The van der Waals surface area contributed by atoms with E-state index < -0.39 is 28.7 Å². The second kappa shape index (κ2) is 9.53. The summed E-state index contributed by atoms with van der Waals surface area (Å²) >= 11 is 0. The Hall–Kier alpha value is -4.19. The predicted octanol–water partition coefficient (Wildman–Crippen LogP) is 4.18. The number of aliphatic imine (C=N–C) groups is 1. The van der Waals surface area contributed by atoms with Gasteiger partial charge in [0.2, 0.25) is 11.5 Å². The molecule has 39 heavy (non-hydrogen) atoms. The maximum Gasteiger partial charge on any atom is 0.290 e. The lowest BCUT2D eigenvalue weighted by atomic mass is 9.80. The van der Waals surface area contributed by atoms with E-state index in [2.05, 4.69) is 25.6 Å². The fraction of sp³-hybridized carbons (Fsp3) is 0.333. The monoisotopic (exact) mass is 539 g/mol. The van der Waals surface area contributed by atoms with Gasteiger partial charge in [-0.3, -0.25) is 4.79 Å². The molecule has 0 unspecified atom stereocenters. The molecule has 6 rings (SSSR count). The standard InChI is InChI=1S/C27H24F3N5O4/c28-20-7-6-18(34-23(36)21-11-32-22(12-31-21)38-14-25(29)8-9-25)10-19(20)27-16-37-15-26(27,30)13-33-24(39-27)35-17-4-2-1-3-5-17/h1-7,10-12H,8-9,13-16H2,(H,33,35)(H,34,36)/t26-,27-/m1/s1. The van der Waals surface area contributed by atoms with Gasteiger partial charge in [-0.05, 0) is 43.2 Å². The molecule has 3 aliphatic rings. The Morgan fingerprint density at radius 1 is 1.03 bits per heavy atom. The van der Waals surface area contributed by atoms with Gasteiger partial charge in [-0.15, -0.1) is 0 Å². The van der Waals surface area contributed by atoms with Gasteiger partial charge in [0.05, 0.1) is 32.2 Å². The van der Waals surface area contributed by atoms with Crippen LogP contribution in [0.1, 0.15) is 28.9 Å². The van der Waals surface area contributed by atoms with Crippen molar-refractivity contribution in [1.82, 2.24) is 9.97 Å². The first-order chi connectivity index (χ1) is 18.8. The van der Waals surface area contributed by atoms with Gasteiger partial charge in [0, 0.05) is 16.9 Å². The molecule has 2 atom stereocenters. The summed E-state index contributed by atoms with van der Waals surface area (Å²) in [4.78, 5) is 25.0. The summed E-state index contributed by atoms with van der Waals surface area (Å²) in [5.41, 5.74) is -4.63. The van der Waals surface area contributed by atoms with Crippen molar-refractivity contribution in [1.29, 1.82) is 0 Å². The Morgan fingerprint density at radius 3 is 2.59 bits per heavy atom. The summed E-state index contributed by atoms with van der Waals surface area (Å²) in [6.07, 6.45) is 3.30. The number of para-hydroxylation sites is 1. The number of rotatable bonds is 7. The van der Waals surface area contributed by atoms with Gasteiger partial charge in [0.1, 0.15) is 23.8 Å². The molecule has 2 fully saturated rings. The first-order valence-electron chi connectivity index (χ1n) is 12.4. The van der Waals surface area contributed by atoms with E-state index in [1.54, 1.807) is 12.1 Å². The first-order valence-corrected chi connectivity index (χ1v) is 12.4. The van der Waals surface area contributed by atoms with E-state index in [1.807, 2.05) is 18.2 Å². The van der Waals surface area contributed by atoms with Crippen LogP contribution in [0.15, 0.2) is 65.9 Å². The second-order valence-electron chi connectivity index (χ2n) is 9.83. The quantitative estimate of drug-likeness (QED) is 0.464. The number of benzene rings is 2. The zero-order valence-corrected chi connectivity index (χ0v) is 20.6. The molecular formula is C27H24F3N5O4. The SMILES string of the molecule is O=C(Nc1ccc(F)c([C@]23COC[C@]2(F)CN=C(Nc2ccccc2)O3)c1)c1cnc(OCC2(F)CC2)cn1. The number of nitrogens with one attached hydrogen (secondary N) is 2. The summed E-state index contributed by atoms with van der Waals surface area (Å²) in [6.45, 7) is -1.03.